The van der Waals surface area contributed by atoms with Crippen LogP contribution >= 0.6 is 0 Å². The number of carbonyl (C=O) groups is 1. The van der Waals surface area contributed by atoms with E-state index in [-0.39, 0.29) is 12.6 Å². The highest BCUT2D eigenvalue weighted by atomic mass is 16.3. The Bertz CT molecular complexity index is 370. The molecule has 1 rings (SSSR count). The Morgan fingerprint density at radius 2 is 2.33 bits per heavy atom. The van der Waals surface area contributed by atoms with E-state index in [9.17, 15) is 9.90 Å². The number of nitrogens with one attached hydrogen (secondary N) is 2. The number of pyridine rings is 1. The molecule has 0 bridgehead atoms. The van der Waals surface area contributed by atoms with E-state index in [1.54, 1.807) is 12.4 Å². The van der Waals surface area contributed by atoms with E-state index in [0.29, 0.717) is 6.54 Å². The van der Waals surface area contributed by atoms with Crippen molar-refractivity contribution in [1.82, 2.24) is 15.6 Å². The number of aliphatic hydroxyl groups is 1. The predicted octanol–water partition coefficient (Wildman–Crippen LogP) is 1.43. The second-order valence-electron chi connectivity index (χ2n) is 4.64. The fourth-order valence-corrected chi connectivity index (χ4v) is 1.74. The Morgan fingerprint density at radius 3 is 2.89 bits per heavy atom. The lowest BCUT2D eigenvalue weighted by Crippen LogP contribution is -2.52. The maximum absolute atomic E-state index is 11.7. The van der Waals surface area contributed by atoms with Crippen LogP contribution in [0.3, 0.4) is 0 Å². The summed E-state index contributed by atoms with van der Waals surface area (Å²) in [6.45, 7) is 4.21. The Hall–Kier alpha value is -1.62. The van der Waals surface area contributed by atoms with Gasteiger partial charge in [0.1, 0.15) is 0 Å². The van der Waals surface area contributed by atoms with Crippen LogP contribution in [0.15, 0.2) is 24.5 Å². The molecule has 3 N–H and O–H groups in total. The SMILES string of the molecule is CCC[C@](C)(CO)NC(=O)NCc1cccnc1. The van der Waals surface area contributed by atoms with Crippen LogP contribution in [0.5, 0.6) is 0 Å². The molecule has 0 radical (unpaired) electrons. The third-order valence-electron chi connectivity index (χ3n) is 2.74. The van der Waals surface area contributed by atoms with Crippen LogP contribution in [0.2, 0.25) is 0 Å². The summed E-state index contributed by atoms with van der Waals surface area (Å²) in [7, 11) is 0. The molecule has 1 aromatic heterocycles. The maximum Gasteiger partial charge on any atom is 0.315 e. The standard InChI is InChI=1S/C13H21N3O2/c1-3-6-13(2,10-17)16-12(18)15-9-11-5-4-7-14-8-11/h4-5,7-8,17H,3,6,9-10H2,1-2H3,(H2,15,16,18)/t13-/m1/s1. The second kappa shape index (κ2) is 6.96. The van der Waals surface area contributed by atoms with Crippen molar-refractivity contribution < 1.29 is 9.90 Å². The Balaban J connectivity index is 2.41. The lowest BCUT2D eigenvalue weighted by Gasteiger charge is -2.28. The van der Waals surface area contributed by atoms with Gasteiger partial charge in [-0.05, 0) is 25.0 Å². The van der Waals surface area contributed by atoms with Gasteiger partial charge in [-0.1, -0.05) is 19.4 Å². The van der Waals surface area contributed by atoms with Gasteiger partial charge in [-0.25, -0.2) is 4.79 Å². The minimum absolute atomic E-state index is 0.0683. The van der Waals surface area contributed by atoms with Gasteiger partial charge in [0.15, 0.2) is 0 Å². The summed E-state index contributed by atoms with van der Waals surface area (Å²) in [5.41, 5.74) is 0.377. The minimum atomic E-state index is -0.562. The molecule has 0 aromatic carbocycles. The molecule has 0 fully saturated rings. The van der Waals surface area contributed by atoms with Crippen molar-refractivity contribution >= 4 is 6.03 Å². The number of aliphatic hydroxyl groups excluding tert-OH is 1. The molecule has 18 heavy (non-hydrogen) atoms. The van der Waals surface area contributed by atoms with Gasteiger partial charge in [0, 0.05) is 18.9 Å². The molecule has 5 heteroatoms. The topological polar surface area (TPSA) is 74.2 Å². The van der Waals surface area contributed by atoms with Gasteiger partial charge in [0.25, 0.3) is 0 Å². The van der Waals surface area contributed by atoms with Crippen molar-refractivity contribution in [3.63, 3.8) is 0 Å². The molecule has 1 aromatic rings. The molecule has 5 nitrogen and oxygen atoms in total. The monoisotopic (exact) mass is 251 g/mol. The zero-order chi connectivity index (χ0) is 13.4. The van der Waals surface area contributed by atoms with Crippen molar-refractivity contribution in [1.29, 1.82) is 0 Å². The first-order chi connectivity index (χ1) is 8.59. The predicted molar refractivity (Wildman–Crippen MR) is 70.0 cm³/mol. The van der Waals surface area contributed by atoms with Crippen molar-refractivity contribution in [3.05, 3.63) is 30.1 Å². The van der Waals surface area contributed by atoms with E-state index >= 15 is 0 Å². The average Bonchev–Trinajstić information content (AvgIpc) is 2.38. The van der Waals surface area contributed by atoms with Gasteiger partial charge in [0.2, 0.25) is 0 Å². The Labute approximate surface area is 108 Å². The summed E-state index contributed by atoms with van der Waals surface area (Å²) in [6.07, 6.45) is 5.04. The van der Waals surface area contributed by atoms with E-state index in [0.717, 1.165) is 18.4 Å². The van der Waals surface area contributed by atoms with Crippen LogP contribution in [-0.2, 0) is 6.54 Å². The first-order valence-corrected chi connectivity index (χ1v) is 6.15. The molecular formula is C13H21N3O2. The molecule has 100 valence electrons. The third-order valence-corrected chi connectivity index (χ3v) is 2.74. The van der Waals surface area contributed by atoms with E-state index in [1.807, 2.05) is 26.0 Å². The molecule has 0 aliphatic carbocycles. The lowest BCUT2D eigenvalue weighted by atomic mass is 9.98. The number of hydrogen-bond acceptors (Lipinski definition) is 3. The lowest BCUT2D eigenvalue weighted by molar-refractivity contribution is 0.163. The molecule has 0 saturated heterocycles. The van der Waals surface area contributed by atoms with Crippen molar-refractivity contribution in [2.75, 3.05) is 6.61 Å². The summed E-state index contributed by atoms with van der Waals surface area (Å²) >= 11 is 0. The van der Waals surface area contributed by atoms with Crippen LogP contribution in [0, 0.1) is 0 Å². The van der Waals surface area contributed by atoms with Crippen molar-refractivity contribution in [2.24, 2.45) is 0 Å². The summed E-state index contributed by atoms with van der Waals surface area (Å²) in [5.74, 6) is 0. The molecule has 0 saturated carbocycles. The minimum Gasteiger partial charge on any atom is -0.394 e. The fraction of sp³-hybridized carbons (Fsp3) is 0.538. The van der Waals surface area contributed by atoms with Gasteiger partial charge in [-0.15, -0.1) is 0 Å². The molecule has 2 amide bonds. The summed E-state index contributed by atoms with van der Waals surface area (Å²) in [4.78, 5) is 15.7. The largest absolute Gasteiger partial charge is 0.394 e. The number of hydrogen-bond donors (Lipinski definition) is 3. The molecule has 0 aliphatic heterocycles. The third kappa shape index (κ3) is 4.71. The van der Waals surface area contributed by atoms with E-state index in [4.69, 9.17) is 0 Å². The van der Waals surface area contributed by atoms with Crippen LogP contribution in [0.25, 0.3) is 0 Å². The molecule has 0 unspecified atom stereocenters. The van der Waals surface area contributed by atoms with E-state index in [2.05, 4.69) is 15.6 Å². The maximum atomic E-state index is 11.7. The summed E-state index contributed by atoms with van der Waals surface area (Å²) < 4.78 is 0. The zero-order valence-corrected chi connectivity index (χ0v) is 10.9. The van der Waals surface area contributed by atoms with Crippen molar-refractivity contribution in [3.8, 4) is 0 Å². The average molecular weight is 251 g/mol. The van der Waals surface area contributed by atoms with Gasteiger partial charge >= 0.3 is 6.03 Å². The summed E-state index contributed by atoms with van der Waals surface area (Å²) in [5, 5.41) is 14.8. The summed E-state index contributed by atoms with van der Waals surface area (Å²) in [6, 6.07) is 3.44. The highest BCUT2D eigenvalue weighted by Crippen LogP contribution is 2.10. The smallest absolute Gasteiger partial charge is 0.315 e. The van der Waals surface area contributed by atoms with Crippen LogP contribution in [0.1, 0.15) is 32.3 Å². The number of carbonyl (C=O) groups excluding carboxylic acids is 1. The molecule has 1 heterocycles. The number of nitrogens with zero attached hydrogens (tertiary/aromatic N) is 1. The second-order valence-corrected chi connectivity index (χ2v) is 4.64. The number of aromatic nitrogens is 1. The van der Waals surface area contributed by atoms with E-state index in [1.165, 1.54) is 0 Å². The quantitative estimate of drug-likeness (QED) is 0.716. The molecule has 0 spiro atoms. The Kier molecular flexibility index (Phi) is 5.58. The number of urea groups is 1. The molecular weight excluding hydrogens is 230 g/mol. The zero-order valence-electron chi connectivity index (χ0n) is 10.9. The first-order valence-electron chi connectivity index (χ1n) is 6.15. The molecule has 1 atom stereocenters. The van der Waals surface area contributed by atoms with Gasteiger partial charge < -0.3 is 15.7 Å². The number of amides is 2. The molecule has 0 aliphatic rings. The van der Waals surface area contributed by atoms with Crippen molar-refractivity contribution in [2.45, 2.75) is 38.8 Å². The van der Waals surface area contributed by atoms with Crippen LogP contribution < -0.4 is 10.6 Å². The van der Waals surface area contributed by atoms with Crippen LogP contribution in [-0.4, -0.2) is 28.3 Å². The highest BCUT2D eigenvalue weighted by Gasteiger charge is 2.24. The van der Waals surface area contributed by atoms with E-state index < -0.39 is 5.54 Å². The van der Waals surface area contributed by atoms with Gasteiger partial charge in [0.05, 0.1) is 12.1 Å². The van der Waals surface area contributed by atoms with Crippen LogP contribution in [0.4, 0.5) is 4.79 Å². The fourth-order valence-electron chi connectivity index (χ4n) is 1.74. The number of rotatable bonds is 6. The first kappa shape index (κ1) is 14.4. The van der Waals surface area contributed by atoms with Gasteiger partial charge in [-0.3, -0.25) is 4.98 Å². The highest BCUT2D eigenvalue weighted by molar-refractivity contribution is 5.74. The Morgan fingerprint density at radius 1 is 1.56 bits per heavy atom. The van der Waals surface area contributed by atoms with Gasteiger partial charge in [-0.2, -0.15) is 0 Å². The normalized spacial score (nSPS) is 13.7.